The average molecular weight is 263 g/mol. The second-order valence-electron chi connectivity index (χ2n) is 5.20. The summed E-state index contributed by atoms with van der Waals surface area (Å²) in [5.74, 6) is -4.94. The van der Waals surface area contributed by atoms with E-state index in [2.05, 4.69) is 5.32 Å². The summed E-state index contributed by atoms with van der Waals surface area (Å²) in [4.78, 5) is 22.7. The van der Waals surface area contributed by atoms with Gasteiger partial charge in [-0.15, -0.1) is 0 Å². The normalized spacial score (nSPS) is 21.6. The van der Waals surface area contributed by atoms with Crippen LogP contribution in [-0.2, 0) is 9.59 Å². The van der Waals surface area contributed by atoms with Crippen molar-refractivity contribution < 1.29 is 23.5 Å². The molecule has 0 unspecified atom stereocenters. The number of amides is 1. The van der Waals surface area contributed by atoms with Gasteiger partial charge >= 0.3 is 5.97 Å². The molecule has 0 aromatic rings. The number of hydrogen-bond acceptors (Lipinski definition) is 2. The number of hydrogen-bond donors (Lipinski definition) is 2. The van der Waals surface area contributed by atoms with E-state index in [0.717, 1.165) is 0 Å². The fourth-order valence-electron chi connectivity index (χ4n) is 2.09. The molecule has 1 atom stereocenters. The molecule has 0 radical (unpaired) electrons. The lowest BCUT2D eigenvalue weighted by Crippen LogP contribution is -2.47. The summed E-state index contributed by atoms with van der Waals surface area (Å²) in [6, 6.07) is -0.958. The van der Waals surface area contributed by atoms with Crippen molar-refractivity contribution in [1.29, 1.82) is 0 Å². The van der Waals surface area contributed by atoms with Crippen LogP contribution in [0.3, 0.4) is 0 Å². The predicted molar refractivity (Wildman–Crippen MR) is 61.3 cm³/mol. The van der Waals surface area contributed by atoms with Crippen LogP contribution in [0.15, 0.2) is 0 Å². The minimum atomic E-state index is -2.68. The van der Waals surface area contributed by atoms with Crippen molar-refractivity contribution in [2.45, 2.75) is 51.5 Å². The first-order valence-corrected chi connectivity index (χ1v) is 6.14. The van der Waals surface area contributed by atoms with Crippen molar-refractivity contribution in [2.24, 2.45) is 11.8 Å². The molecule has 0 bridgehead atoms. The Balaban J connectivity index is 2.53. The number of alkyl halides is 2. The zero-order valence-electron chi connectivity index (χ0n) is 10.6. The lowest BCUT2D eigenvalue weighted by Gasteiger charge is -2.28. The fourth-order valence-corrected chi connectivity index (χ4v) is 2.09. The van der Waals surface area contributed by atoms with Crippen LogP contribution in [0.4, 0.5) is 8.78 Å². The Morgan fingerprint density at radius 3 is 2.17 bits per heavy atom. The van der Waals surface area contributed by atoms with Gasteiger partial charge in [-0.05, 0) is 18.8 Å². The first-order chi connectivity index (χ1) is 8.23. The van der Waals surface area contributed by atoms with Crippen LogP contribution in [0.1, 0.15) is 39.5 Å². The highest BCUT2D eigenvalue weighted by Crippen LogP contribution is 2.36. The zero-order valence-corrected chi connectivity index (χ0v) is 10.6. The highest BCUT2D eigenvalue weighted by molar-refractivity contribution is 5.85. The molecule has 0 aromatic heterocycles. The van der Waals surface area contributed by atoms with E-state index in [1.54, 1.807) is 13.8 Å². The molecule has 4 nitrogen and oxygen atoms in total. The van der Waals surface area contributed by atoms with Crippen molar-refractivity contribution in [2.75, 3.05) is 0 Å². The Kier molecular flexibility index (Phi) is 4.65. The topological polar surface area (TPSA) is 66.4 Å². The van der Waals surface area contributed by atoms with Crippen molar-refractivity contribution in [3.63, 3.8) is 0 Å². The molecule has 0 saturated heterocycles. The number of carboxylic acids is 1. The molecule has 1 aliphatic rings. The molecule has 1 amide bonds. The minimum absolute atomic E-state index is 0.114. The number of carbonyl (C=O) groups excluding carboxylic acids is 1. The first kappa shape index (κ1) is 14.9. The molecule has 18 heavy (non-hydrogen) atoms. The van der Waals surface area contributed by atoms with Gasteiger partial charge in [-0.3, -0.25) is 4.79 Å². The van der Waals surface area contributed by atoms with Crippen molar-refractivity contribution in [3.05, 3.63) is 0 Å². The standard InChI is InChI=1S/C12H19F2NO3/c1-7(2)9(11(17)18)15-10(16)8-3-5-12(13,14)6-4-8/h7-9H,3-6H2,1-2H3,(H,15,16)(H,17,18)/t9-/m1/s1. The SMILES string of the molecule is CC(C)[C@@H](NC(=O)C1CCC(F)(F)CC1)C(=O)O. The molecule has 1 aliphatic carbocycles. The maximum Gasteiger partial charge on any atom is 0.326 e. The molecule has 0 spiro atoms. The largest absolute Gasteiger partial charge is 0.480 e. The van der Waals surface area contributed by atoms with Gasteiger partial charge in [0.15, 0.2) is 0 Å². The molecule has 0 aliphatic heterocycles. The van der Waals surface area contributed by atoms with Crippen LogP contribution < -0.4 is 5.32 Å². The van der Waals surface area contributed by atoms with Crippen LogP contribution >= 0.6 is 0 Å². The molecule has 0 aromatic carbocycles. The number of carboxylic acid groups (broad SMARTS) is 1. The minimum Gasteiger partial charge on any atom is -0.480 e. The molecule has 2 N–H and O–H groups in total. The monoisotopic (exact) mass is 263 g/mol. The third kappa shape index (κ3) is 3.92. The Bertz CT molecular complexity index is 321. The Morgan fingerprint density at radius 2 is 1.78 bits per heavy atom. The summed E-state index contributed by atoms with van der Waals surface area (Å²) < 4.78 is 25.9. The second-order valence-corrected chi connectivity index (χ2v) is 5.20. The Morgan fingerprint density at radius 1 is 1.28 bits per heavy atom. The summed E-state index contributed by atoms with van der Waals surface area (Å²) in [7, 11) is 0. The first-order valence-electron chi connectivity index (χ1n) is 6.14. The molecule has 1 saturated carbocycles. The van der Waals surface area contributed by atoms with E-state index < -0.39 is 29.8 Å². The smallest absolute Gasteiger partial charge is 0.326 e. The molecular formula is C12H19F2NO3. The third-order valence-electron chi connectivity index (χ3n) is 3.32. The van der Waals surface area contributed by atoms with Crippen LogP contribution in [-0.4, -0.2) is 28.9 Å². The van der Waals surface area contributed by atoms with E-state index in [9.17, 15) is 18.4 Å². The maximum absolute atomic E-state index is 12.9. The second kappa shape index (κ2) is 5.63. The lowest BCUT2D eigenvalue weighted by molar-refractivity contribution is -0.144. The van der Waals surface area contributed by atoms with Gasteiger partial charge in [-0.25, -0.2) is 13.6 Å². The van der Waals surface area contributed by atoms with Gasteiger partial charge in [-0.2, -0.15) is 0 Å². The van der Waals surface area contributed by atoms with E-state index in [1.165, 1.54) is 0 Å². The van der Waals surface area contributed by atoms with Gasteiger partial charge in [0, 0.05) is 18.8 Å². The van der Waals surface area contributed by atoms with Crippen LogP contribution in [0.5, 0.6) is 0 Å². The lowest BCUT2D eigenvalue weighted by atomic mass is 9.86. The highest BCUT2D eigenvalue weighted by Gasteiger charge is 2.38. The highest BCUT2D eigenvalue weighted by atomic mass is 19.3. The summed E-state index contributed by atoms with van der Waals surface area (Å²) >= 11 is 0. The fraction of sp³-hybridized carbons (Fsp3) is 0.833. The van der Waals surface area contributed by atoms with E-state index in [0.29, 0.717) is 0 Å². The number of aliphatic carboxylic acids is 1. The Labute approximate surface area is 105 Å². The van der Waals surface area contributed by atoms with Crippen LogP contribution in [0.2, 0.25) is 0 Å². The summed E-state index contributed by atoms with van der Waals surface area (Å²) in [5, 5.41) is 11.4. The Hall–Kier alpha value is -1.20. The molecule has 104 valence electrons. The van der Waals surface area contributed by atoms with E-state index in [1.807, 2.05) is 0 Å². The molecule has 1 rings (SSSR count). The van der Waals surface area contributed by atoms with Crippen molar-refractivity contribution in [1.82, 2.24) is 5.32 Å². The van der Waals surface area contributed by atoms with Gasteiger partial charge in [-0.1, -0.05) is 13.8 Å². The predicted octanol–water partition coefficient (Wildman–Crippen LogP) is 2.04. The van der Waals surface area contributed by atoms with Gasteiger partial charge in [0.1, 0.15) is 6.04 Å². The summed E-state index contributed by atoms with van der Waals surface area (Å²) in [6.07, 6.45) is -0.373. The van der Waals surface area contributed by atoms with E-state index in [-0.39, 0.29) is 31.6 Å². The van der Waals surface area contributed by atoms with Crippen molar-refractivity contribution >= 4 is 11.9 Å². The molecule has 0 heterocycles. The quantitative estimate of drug-likeness (QED) is 0.815. The van der Waals surface area contributed by atoms with Gasteiger partial charge in [0.25, 0.3) is 0 Å². The van der Waals surface area contributed by atoms with Crippen molar-refractivity contribution in [3.8, 4) is 0 Å². The van der Waals surface area contributed by atoms with Gasteiger partial charge in [0.2, 0.25) is 11.8 Å². The maximum atomic E-state index is 12.9. The average Bonchev–Trinajstić information content (AvgIpc) is 2.24. The molecule has 6 heteroatoms. The van der Waals surface area contributed by atoms with Crippen LogP contribution in [0.25, 0.3) is 0 Å². The number of rotatable bonds is 4. The van der Waals surface area contributed by atoms with Gasteiger partial charge in [0.05, 0.1) is 0 Å². The summed E-state index contributed by atoms with van der Waals surface area (Å²) in [6.45, 7) is 3.38. The number of halogens is 2. The van der Waals surface area contributed by atoms with E-state index in [4.69, 9.17) is 5.11 Å². The number of carbonyl (C=O) groups is 2. The van der Waals surface area contributed by atoms with Crippen LogP contribution in [0, 0.1) is 11.8 Å². The zero-order chi connectivity index (χ0) is 13.9. The molecular weight excluding hydrogens is 244 g/mol. The number of nitrogens with one attached hydrogen (secondary N) is 1. The molecule has 1 fully saturated rings. The van der Waals surface area contributed by atoms with Gasteiger partial charge < -0.3 is 10.4 Å². The third-order valence-corrected chi connectivity index (χ3v) is 3.32. The van der Waals surface area contributed by atoms with E-state index >= 15 is 0 Å². The summed E-state index contributed by atoms with van der Waals surface area (Å²) in [5.41, 5.74) is 0.